The van der Waals surface area contributed by atoms with Crippen molar-refractivity contribution in [3.8, 4) is 0 Å². The van der Waals surface area contributed by atoms with Crippen molar-refractivity contribution < 1.29 is 13.2 Å². The van der Waals surface area contributed by atoms with Crippen LogP contribution in [-0.2, 0) is 0 Å². The maximum atomic E-state index is 12.5. The molecule has 2 nitrogen and oxygen atoms in total. The van der Waals surface area contributed by atoms with Gasteiger partial charge in [0.1, 0.15) is 0 Å². The van der Waals surface area contributed by atoms with Gasteiger partial charge in [-0.1, -0.05) is 20.8 Å². The van der Waals surface area contributed by atoms with Gasteiger partial charge in [0.15, 0.2) is 0 Å². The predicted molar refractivity (Wildman–Crippen MR) is 60.2 cm³/mol. The average Bonchev–Trinajstić information content (AvgIpc) is 1.98. The van der Waals surface area contributed by atoms with E-state index in [2.05, 4.69) is 0 Å². The minimum atomic E-state index is -4.18. The Kier molecular flexibility index (Phi) is 5.26. The molecule has 0 aliphatic carbocycles. The van der Waals surface area contributed by atoms with Gasteiger partial charge in [0.05, 0.1) is 6.54 Å². The van der Waals surface area contributed by atoms with Crippen molar-refractivity contribution in [1.82, 2.24) is 4.90 Å². The van der Waals surface area contributed by atoms with Crippen LogP contribution in [0.15, 0.2) is 0 Å². The first-order chi connectivity index (χ1) is 6.99. The molecular weight excluding hydrogens is 217 g/mol. The fraction of sp³-hybridized carbons (Fsp3) is 1.00. The first-order valence-corrected chi connectivity index (χ1v) is 5.51. The first-order valence-electron chi connectivity index (χ1n) is 5.51. The molecule has 1 atom stereocenters. The highest BCUT2D eigenvalue weighted by atomic mass is 19.4. The van der Waals surface area contributed by atoms with E-state index in [-0.39, 0.29) is 24.0 Å². The summed E-state index contributed by atoms with van der Waals surface area (Å²) in [6.07, 6.45) is -4.18. The average molecular weight is 240 g/mol. The van der Waals surface area contributed by atoms with Crippen LogP contribution in [0, 0.1) is 5.41 Å². The minimum absolute atomic E-state index is 0.172. The summed E-state index contributed by atoms with van der Waals surface area (Å²) in [5, 5.41) is 0. The molecule has 0 saturated heterocycles. The lowest BCUT2D eigenvalue weighted by Crippen LogP contribution is -2.54. The van der Waals surface area contributed by atoms with E-state index in [1.165, 1.54) is 4.90 Å². The Morgan fingerprint density at radius 1 is 1.12 bits per heavy atom. The van der Waals surface area contributed by atoms with Gasteiger partial charge in [-0.05, 0) is 19.3 Å². The minimum Gasteiger partial charge on any atom is -0.329 e. The fourth-order valence-corrected chi connectivity index (χ4v) is 1.85. The number of nitrogens with two attached hydrogens (primary N) is 1. The second kappa shape index (κ2) is 5.36. The van der Waals surface area contributed by atoms with Crippen molar-refractivity contribution in [3.05, 3.63) is 0 Å². The molecule has 1 unspecified atom stereocenters. The number of hydrogen-bond donors (Lipinski definition) is 1. The molecule has 0 aliphatic rings. The van der Waals surface area contributed by atoms with E-state index < -0.39 is 12.7 Å². The van der Waals surface area contributed by atoms with E-state index in [1.54, 1.807) is 13.8 Å². The number of hydrogen-bond acceptors (Lipinski definition) is 2. The Morgan fingerprint density at radius 3 is 1.75 bits per heavy atom. The van der Waals surface area contributed by atoms with Gasteiger partial charge >= 0.3 is 6.18 Å². The third kappa shape index (κ3) is 5.16. The van der Waals surface area contributed by atoms with Crippen LogP contribution in [0.5, 0.6) is 0 Å². The highest BCUT2D eigenvalue weighted by Crippen LogP contribution is 2.28. The van der Waals surface area contributed by atoms with Crippen molar-refractivity contribution >= 4 is 0 Å². The molecule has 0 heterocycles. The van der Waals surface area contributed by atoms with Gasteiger partial charge in [0.2, 0.25) is 0 Å². The van der Waals surface area contributed by atoms with Crippen molar-refractivity contribution in [2.24, 2.45) is 11.1 Å². The van der Waals surface area contributed by atoms with E-state index in [0.29, 0.717) is 0 Å². The summed E-state index contributed by atoms with van der Waals surface area (Å²) in [6.45, 7) is 8.60. The second-order valence-corrected chi connectivity index (χ2v) is 5.50. The third-order valence-electron chi connectivity index (χ3n) is 2.65. The molecule has 0 aromatic rings. The molecule has 0 saturated carbocycles. The van der Waals surface area contributed by atoms with Gasteiger partial charge in [0, 0.05) is 18.6 Å². The van der Waals surface area contributed by atoms with E-state index in [4.69, 9.17) is 5.73 Å². The standard InChI is InChI=1S/C11H23F3N2/c1-8(2)16(7-11(12,13)14)9(6-15)10(3,4)5/h8-9H,6-7,15H2,1-5H3. The molecule has 0 fully saturated rings. The lowest BCUT2D eigenvalue weighted by molar-refractivity contribution is -0.159. The van der Waals surface area contributed by atoms with Gasteiger partial charge in [-0.2, -0.15) is 13.2 Å². The zero-order valence-corrected chi connectivity index (χ0v) is 10.7. The van der Waals surface area contributed by atoms with Crippen LogP contribution in [0.4, 0.5) is 13.2 Å². The molecule has 5 heteroatoms. The Morgan fingerprint density at radius 2 is 1.56 bits per heavy atom. The molecule has 0 aromatic carbocycles. The molecule has 0 rings (SSSR count). The lowest BCUT2D eigenvalue weighted by atomic mass is 9.85. The molecule has 98 valence electrons. The van der Waals surface area contributed by atoms with Crippen LogP contribution in [0.1, 0.15) is 34.6 Å². The highest BCUT2D eigenvalue weighted by molar-refractivity contribution is 4.86. The van der Waals surface area contributed by atoms with Crippen LogP contribution < -0.4 is 5.73 Å². The Balaban J connectivity index is 4.89. The summed E-state index contributed by atoms with van der Waals surface area (Å²) in [5.41, 5.74) is 5.35. The molecule has 16 heavy (non-hydrogen) atoms. The Hall–Kier alpha value is -0.290. The molecule has 0 aliphatic heterocycles. The normalized spacial score (nSPS) is 15.9. The first kappa shape index (κ1) is 15.7. The number of alkyl halides is 3. The molecular formula is C11H23F3N2. The van der Waals surface area contributed by atoms with Gasteiger partial charge in [-0.15, -0.1) is 0 Å². The van der Waals surface area contributed by atoms with E-state index >= 15 is 0 Å². The van der Waals surface area contributed by atoms with Gasteiger partial charge in [-0.25, -0.2) is 0 Å². The molecule has 0 spiro atoms. The van der Waals surface area contributed by atoms with Gasteiger partial charge in [0.25, 0.3) is 0 Å². The molecule has 0 bridgehead atoms. The second-order valence-electron chi connectivity index (χ2n) is 5.50. The zero-order chi connectivity index (χ0) is 13.1. The number of rotatable bonds is 4. The molecule has 0 radical (unpaired) electrons. The Labute approximate surface area is 96.0 Å². The highest BCUT2D eigenvalue weighted by Gasteiger charge is 2.38. The van der Waals surface area contributed by atoms with Crippen LogP contribution in [0.25, 0.3) is 0 Å². The monoisotopic (exact) mass is 240 g/mol. The van der Waals surface area contributed by atoms with Crippen LogP contribution in [0.2, 0.25) is 0 Å². The topological polar surface area (TPSA) is 29.3 Å². The molecule has 2 N–H and O–H groups in total. The summed E-state index contributed by atoms with van der Waals surface area (Å²) in [5.74, 6) is 0. The predicted octanol–water partition coefficient (Wildman–Crippen LogP) is 2.63. The van der Waals surface area contributed by atoms with Crippen LogP contribution >= 0.6 is 0 Å². The maximum Gasteiger partial charge on any atom is 0.401 e. The fourth-order valence-electron chi connectivity index (χ4n) is 1.85. The van der Waals surface area contributed by atoms with Crippen molar-refractivity contribution in [3.63, 3.8) is 0 Å². The van der Waals surface area contributed by atoms with Crippen molar-refractivity contribution in [1.29, 1.82) is 0 Å². The maximum absolute atomic E-state index is 12.5. The summed E-state index contributed by atoms with van der Waals surface area (Å²) in [7, 11) is 0. The number of halogens is 3. The van der Waals surface area contributed by atoms with Crippen molar-refractivity contribution in [2.45, 2.75) is 52.9 Å². The molecule has 0 aromatic heterocycles. The summed E-state index contributed by atoms with van der Waals surface area (Å²) < 4.78 is 37.4. The number of nitrogens with zero attached hydrogens (tertiary/aromatic N) is 1. The van der Waals surface area contributed by atoms with E-state index in [0.717, 1.165) is 0 Å². The zero-order valence-electron chi connectivity index (χ0n) is 10.7. The van der Waals surface area contributed by atoms with Gasteiger partial charge < -0.3 is 5.73 Å². The Bertz CT molecular complexity index is 206. The summed E-state index contributed by atoms with van der Waals surface area (Å²) in [6, 6.07) is -0.441. The lowest BCUT2D eigenvalue weighted by Gasteiger charge is -2.42. The largest absolute Gasteiger partial charge is 0.401 e. The summed E-state index contributed by atoms with van der Waals surface area (Å²) >= 11 is 0. The summed E-state index contributed by atoms with van der Waals surface area (Å²) in [4.78, 5) is 1.43. The van der Waals surface area contributed by atoms with Gasteiger partial charge in [-0.3, -0.25) is 4.90 Å². The molecule has 0 amide bonds. The van der Waals surface area contributed by atoms with E-state index in [1.807, 2.05) is 20.8 Å². The quantitative estimate of drug-likeness (QED) is 0.818. The third-order valence-corrected chi connectivity index (χ3v) is 2.65. The van der Waals surface area contributed by atoms with Crippen LogP contribution in [0.3, 0.4) is 0 Å². The SMILES string of the molecule is CC(C)N(CC(F)(F)F)C(CN)C(C)(C)C. The van der Waals surface area contributed by atoms with E-state index in [9.17, 15) is 13.2 Å². The smallest absolute Gasteiger partial charge is 0.329 e. The van der Waals surface area contributed by atoms with Crippen LogP contribution in [-0.4, -0.2) is 36.2 Å². The van der Waals surface area contributed by atoms with Crippen molar-refractivity contribution in [2.75, 3.05) is 13.1 Å².